The molecular weight excluding hydrogens is 422 g/mol. The molecule has 0 saturated heterocycles. The molecule has 30 heavy (non-hydrogen) atoms. The molecule has 3 aromatic rings. The van der Waals surface area contributed by atoms with Crippen LogP contribution in [0.25, 0.3) is 0 Å². The summed E-state index contributed by atoms with van der Waals surface area (Å²) < 4.78 is 5.86. The topological polar surface area (TPSA) is 78.8 Å². The number of rotatable bonds is 7. The van der Waals surface area contributed by atoms with Gasteiger partial charge in [-0.1, -0.05) is 41.1 Å². The number of ether oxygens (including phenoxy) is 1. The van der Waals surface area contributed by atoms with E-state index in [0.29, 0.717) is 22.4 Å². The number of fused-ring (bicyclic) bond motifs is 1. The Morgan fingerprint density at radius 2 is 2.07 bits per heavy atom. The van der Waals surface area contributed by atoms with E-state index < -0.39 is 12.1 Å². The molecule has 0 saturated carbocycles. The molecule has 0 aliphatic heterocycles. The molecule has 5 nitrogen and oxygen atoms in total. The van der Waals surface area contributed by atoms with Gasteiger partial charge < -0.3 is 20.3 Å². The van der Waals surface area contributed by atoms with E-state index in [1.54, 1.807) is 24.3 Å². The van der Waals surface area contributed by atoms with Gasteiger partial charge in [0.25, 0.3) is 0 Å². The van der Waals surface area contributed by atoms with Gasteiger partial charge in [-0.2, -0.15) is 0 Å². The molecule has 0 bridgehead atoms. The van der Waals surface area contributed by atoms with Crippen molar-refractivity contribution in [2.45, 2.75) is 31.4 Å². The van der Waals surface area contributed by atoms with Crippen molar-refractivity contribution in [3.63, 3.8) is 0 Å². The van der Waals surface area contributed by atoms with Crippen LogP contribution in [-0.4, -0.2) is 28.8 Å². The van der Waals surface area contributed by atoms with Crippen molar-refractivity contribution in [1.29, 1.82) is 0 Å². The summed E-state index contributed by atoms with van der Waals surface area (Å²) in [5.74, 6) is -0.249. The monoisotopic (exact) mass is 443 g/mol. The van der Waals surface area contributed by atoms with Crippen molar-refractivity contribution < 1.29 is 19.7 Å². The van der Waals surface area contributed by atoms with Gasteiger partial charge >= 0.3 is 5.97 Å². The molecule has 3 N–H and O–H groups in total. The number of hydrogen-bond donors (Lipinski definition) is 3. The standard InChI is InChI=1S/C23H22ClNO4S/c24-17-3-1-2-15(10-17)20(26)13-25-18-6-4-14-5-7-19(12-16(14)11-18)29-22-9-8-21(30-22)23(27)28/h1-3,5,7-10,12,18,20,25-26H,4,6,11,13H2,(H,27,28)/t18-,20+/m0/s1. The van der Waals surface area contributed by atoms with Gasteiger partial charge in [0.2, 0.25) is 0 Å². The molecule has 156 valence electrons. The third-order valence-electron chi connectivity index (χ3n) is 5.25. The van der Waals surface area contributed by atoms with Crippen LogP contribution in [0.15, 0.2) is 54.6 Å². The Balaban J connectivity index is 1.37. The van der Waals surface area contributed by atoms with Gasteiger partial charge in [-0.15, -0.1) is 0 Å². The predicted molar refractivity (Wildman–Crippen MR) is 118 cm³/mol. The van der Waals surface area contributed by atoms with Gasteiger partial charge in [-0.3, -0.25) is 0 Å². The lowest BCUT2D eigenvalue weighted by molar-refractivity contribution is 0.0702. The van der Waals surface area contributed by atoms with E-state index in [4.69, 9.17) is 21.4 Å². The average molecular weight is 444 g/mol. The van der Waals surface area contributed by atoms with Crippen molar-refractivity contribution >= 4 is 28.9 Å². The van der Waals surface area contributed by atoms with E-state index in [-0.39, 0.29) is 10.9 Å². The minimum atomic E-state index is -0.950. The summed E-state index contributed by atoms with van der Waals surface area (Å²) in [7, 11) is 0. The Morgan fingerprint density at radius 1 is 1.20 bits per heavy atom. The Bertz CT molecular complexity index is 1050. The Hall–Kier alpha value is -2.38. The number of benzene rings is 2. The van der Waals surface area contributed by atoms with Crippen LogP contribution in [0, 0.1) is 0 Å². The number of aryl methyl sites for hydroxylation is 1. The molecule has 1 aromatic heterocycles. The van der Waals surface area contributed by atoms with E-state index in [0.717, 1.165) is 36.2 Å². The van der Waals surface area contributed by atoms with Crippen molar-refractivity contribution in [2.75, 3.05) is 6.54 Å². The number of aliphatic hydroxyl groups is 1. The zero-order valence-electron chi connectivity index (χ0n) is 16.2. The number of carbonyl (C=O) groups is 1. The zero-order valence-corrected chi connectivity index (χ0v) is 17.7. The molecule has 0 amide bonds. The highest BCUT2D eigenvalue weighted by molar-refractivity contribution is 7.15. The van der Waals surface area contributed by atoms with Gasteiger partial charge in [-0.05, 0) is 72.4 Å². The van der Waals surface area contributed by atoms with E-state index in [1.807, 2.05) is 24.3 Å². The van der Waals surface area contributed by atoms with Crippen LogP contribution in [0.3, 0.4) is 0 Å². The van der Waals surface area contributed by atoms with Crippen LogP contribution in [0.5, 0.6) is 10.8 Å². The lowest BCUT2D eigenvalue weighted by atomic mass is 9.88. The van der Waals surface area contributed by atoms with Crippen LogP contribution in [0.2, 0.25) is 5.02 Å². The number of carboxylic acids is 1. The number of aromatic carboxylic acids is 1. The number of carboxylic acid groups (broad SMARTS) is 1. The highest BCUT2D eigenvalue weighted by Gasteiger charge is 2.20. The van der Waals surface area contributed by atoms with Gasteiger partial charge in [0.15, 0.2) is 5.06 Å². The summed E-state index contributed by atoms with van der Waals surface area (Å²) in [4.78, 5) is 11.3. The summed E-state index contributed by atoms with van der Waals surface area (Å²) in [6, 6.07) is 16.8. The molecule has 0 fully saturated rings. The average Bonchev–Trinajstić information content (AvgIpc) is 3.20. The van der Waals surface area contributed by atoms with Gasteiger partial charge in [0.1, 0.15) is 10.6 Å². The van der Waals surface area contributed by atoms with E-state index >= 15 is 0 Å². The fourth-order valence-electron chi connectivity index (χ4n) is 3.69. The number of thiophene rings is 1. The lowest BCUT2D eigenvalue weighted by Crippen LogP contribution is -2.37. The highest BCUT2D eigenvalue weighted by atomic mass is 35.5. The van der Waals surface area contributed by atoms with Crippen molar-refractivity contribution in [3.05, 3.63) is 81.2 Å². The molecule has 1 aliphatic carbocycles. The van der Waals surface area contributed by atoms with Crippen LogP contribution in [0.1, 0.15) is 38.9 Å². The van der Waals surface area contributed by atoms with E-state index in [2.05, 4.69) is 11.4 Å². The fourth-order valence-corrected chi connectivity index (χ4v) is 4.60. The number of nitrogens with one attached hydrogen (secondary N) is 1. The molecule has 0 radical (unpaired) electrons. The highest BCUT2D eigenvalue weighted by Crippen LogP contribution is 2.32. The van der Waals surface area contributed by atoms with Crippen molar-refractivity contribution in [2.24, 2.45) is 0 Å². The van der Waals surface area contributed by atoms with Gasteiger partial charge in [0.05, 0.1) is 6.10 Å². The number of halogens is 1. The maximum absolute atomic E-state index is 11.0. The molecule has 2 aromatic carbocycles. The third-order valence-corrected chi connectivity index (χ3v) is 6.44. The predicted octanol–water partition coefficient (Wildman–Crippen LogP) is 5.07. The zero-order chi connectivity index (χ0) is 21.1. The SMILES string of the molecule is O=C(O)c1ccc(Oc2ccc3c(c2)C[C@@H](NC[C@@H](O)c2cccc(Cl)c2)CC3)s1. The Morgan fingerprint density at radius 3 is 2.83 bits per heavy atom. The first kappa shape index (κ1) is 20.9. The summed E-state index contributed by atoms with van der Waals surface area (Å²) in [5, 5.41) is 24.1. The third kappa shape index (κ3) is 5.02. The first-order chi connectivity index (χ1) is 14.5. The summed E-state index contributed by atoms with van der Waals surface area (Å²) in [6.45, 7) is 0.462. The van der Waals surface area contributed by atoms with Crippen LogP contribution >= 0.6 is 22.9 Å². The second-order valence-electron chi connectivity index (χ2n) is 7.38. The first-order valence-electron chi connectivity index (χ1n) is 9.77. The van der Waals surface area contributed by atoms with Crippen LogP contribution < -0.4 is 10.1 Å². The maximum Gasteiger partial charge on any atom is 0.345 e. The quantitative estimate of drug-likeness (QED) is 0.475. The van der Waals surface area contributed by atoms with Crippen LogP contribution in [0.4, 0.5) is 0 Å². The molecule has 0 spiro atoms. The maximum atomic E-state index is 11.0. The fraction of sp³-hybridized carbons (Fsp3) is 0.261. The number of hydrogen-bond acceptors (Lipinski definition) is 5. The van der Waals surface area contributed by atoms with E-state index in [9.17, 15) is 9.90 Å². The van der Waals surface area contributed by atoms with Gasteiger partial charge in [-0.25, -0.2) is 4.79 Å². The van der Waals surface area contributed by atoms with Crippen molar-refractivity contribution in [1.82, 2.24) is 5.32 Å². The second kappa shape index (κ2) is 9.18. The summed E-state index contributed by atoms with van der Waals surface area (Å²) >= 11 is 7.12. The molecule has 2 atom stereocenters. The second-order valence-corrected chi connectivity index (χ2v) is 8.86. The largest absolute Gasteiger partial charge is 0.477 e. The minimum Gasteiger partial charge on any atom is -0.477 e. The minimum absolute atomic E-state index is 0.255. The summed E-state index contributed by atoms with van der Waals surface area (Å²) in [6.07, 6.45) is 2.20. The molecular formula is C23H22ClNO4S. The lowest BCUT2D eigenvalue weighted by Gasteiger charge is -2.27. The first-order valence-corrected chi connectivity index (χ1v) is 11.0. The van der Waals surface area contributed by atoms with Crippen molar-refractivity contribution in [3.8, 4) is 10.8 Å². The normalized spacial score (nSPS) is 16.7. The Labute approximate surface area is 183 Å². The molecule has 1 aliphatic rings. The molecule has 0 unspecified atom stereocenters. The smallest absolute Gasteiger partial charge is 0.345 e. The molecule has 4 rings (SSSR count). The Kier molecular flexibility index (Phi) is 6.39. The van der Waals surface area contributed by atoms with E-state index in [1.165, 1.54) is 11.1 Å². The van der Waals surface area contributed by atoms with Gasteiger partial charge in [0, 0.05) is 17.6 Å². The molecule has 1 heterocycles. The van der Waals surface area contributed by atoms with Crippen LogP contribution in [-0.2, 0) is 12.8 Å². The molecule has 7 heteroatoms. The number of aliphatic hydroxyl groups excluding tert-OH is 1. The summed E-state index contributed by atoms with van der Waals surface area (Å²) in [5.41, 5.74) is 3.32.